The van der Waals surface area contributed by atoms with Crippen molar-refractivity contribution in [2.45, 2.75) is 19.9 Å². The Balaban J connectivity index is 2.02. The van der Waals surface area contributed by atoms with Crippen LogP contribution in [0.3, 0.4) is 0 Å². The van der Waals surface area contributed by atoms with E-state index in [4.69, 9.17) is 11.6 Å². The number of rotatable bonds is 4. The molecule has 0 aliphatic carbocycles. The van der Waals surface area contributed by atoms with Gasteiger partial charge < -0.3 is 16.9 Å². The Labute approximate surface area is 177 Å². The third-order valence-electron chi connectivity index (χ3n) is 4.79. The second-order valence-electron chi connectivity index (χ2n) is 7.18. The molecule has 31 heavy (non-hydrogen) atoms. The van der Waals surface area contributed by atoms with E-state index in [2.05, 4.69) is 27.0 Å². The van der Waals surface area contributed by atoms with Gasteiger partial charge in [-0.25, -0.2) is 14.4 Å². The number of allylic oxidation sites excluding steroid dienone is 2. The Hall–Kier alpha value is -3.82. The molecule has 2 heterocycles. The molecule has 5 N–H and O–H groups in total. The molecule has 0 bridgehead atoms. The van der Waals surface area contributed by atoms with Crippen molar-refractivity contribution in [3.8, 4) is 0 Å². The number of amidine groups is 1. The van der Waals surface area contributed by atoms with E-state index in [1.165, 1.54) is 25.5 Å². The highest BCUT2D eigenvalue weighted by Gasteiger charge is 2.46. The average Bonchev–Trinajstić information content (AvgIpc) is 2.88. The molecule has 0 radical (unpaired) electrons. The molecule has 0 atom stereocenters. The lowest BCUT2D eigenvalue weighted by Gasteiger charge is -2.19. The summed E-state index contributed by atoms with van der Waals surface area (Å²) < 4.78 is 43.0. The van der Waals surface area contributed by atoms with Crippen LogP contribution in [0.1, 0.15) is 19.4 Å². The summed E-state index contributed by atoms with van der Waals surface area (Å²) in [6.07, 6.45) is 3.83. The van der Waals surface area contributed by atoms with Crippen molar-refractivity contribution in [3.63, 3.8) is 0 Å². The summed E-state index contributed by atoms with van der Waals surface area (Å²) >= 11 is 0. The van der Waals surface area contributed by atoms with Crippen LogP contribution in [-0.2, 0) is 0 Å². The first-order valence-corrected chi connectivity index (χ1v) is 9.19. The van der Waals surface area contributed by atoms with Gasteiger partial charge in [-0.15, -0.1) is 0 Å². The zero-order chi connectivity index (χ0) is 22.9. The van der Waals surface area contributed by atoms with E-state index in [9.17, 15) is 13.2 Å². The Morgan fingerprint density at radius 2 is 1.97 bits per heavy atom. The molecule has 0 saturated carbocycles. The van der Waals surface area contributed by atoms with Crippen LogP contribution in [0.4, 0.5) is 19.0 Å². The molecule has 3 rings (SSSR count). The minimum Gasteiger partial charge on any atom is -0.384 e. The lowest BCUT2D eigenvalue weighted by Crippen LogP contribution is -2.32. The van der Waals surface area contributed by atoms with E-state index < -0.39 is 17.6 Å². The summed E-state index contributed by atoms with van der Waals surface area (Å²) in [5, 5.41) is 7.15. The second-order valence-corrected chi connectivity index (χ2v) is 7.18. The van der Waals surface area contributed by atoms with Gasteiger partial charge in [0.1, 0.15) is 23.2 Å². The molecule has 7 nitrogen and oxygen atoms in total. The number of hydrazone groups is 1. The maximum Gasteiger partial charge on any atom is 0.368 e. The lowest BCUT2D eigenvalue weighted by molar-refractivity contribution is -0.0629. The van der Waals surface area contributed by atoms with Crippen LogP contribution in [0.15, 0.2) is 64.2 Å². The molecular formula is C21H22F3N7. The number of aromatic nitrogens is 1. The van der Waals surface area contributed by atoms with Gasteiger partial charge in [-0.1, -0.05) is 12.2 Å². The third-order valence-corrected chi connectivity index (χ3v) is 4.79. The Bertz CT molecular complexity index is 1170. The number of nitrogens with zero attached hydrogens (tertiary/aromatic N) is 4. The van der Waals surface area contributed by atoms with Gasteiger partial charge in [0.05, 0.1) is 6.21 Å². The number of fused-ring (bicyclic) bond motifs is 1. The standard InChI is InChI=1S/C21H22F3N7/c1-11(2)16(10-28-26)15-5-13-7-20(27-9-14(13)6-17(15)22)30-19(25)8-18-21(23,24)31(4)12(3)29-18/h5-10,29H,3,26H2,1-2,4H3,(H2,25,27,30)/b18-8-,28-10-. The topological polar surface area (TPSA) is 105 Å². The quantitative estimate of drug-likeness (QED) is 0.227. The first kappa shape index (κ1) is 21.9. The Morgan fingerprint density at radius 1 is 1.26 bits per heavy atom. The van der Waals surface area contributed by atoms with Crippen LogP contribution in [0, 0.1) is 5.82 Å². The van der Waals surface area contributed by atoms with E-state index >= 15 is 0 Å². The summed E-state index contributed by atoms with van der Waals surface area (Å²) in [5.41, 5.74) is 7.08. The molecule has 0 unspecified atom stereocenters. The van der Waals surface area contributed by atoms with E-state index in [0.717, 1.165) is 11.6 Å². The fourth-order valence-corrected chi connectivity index (χ4v) is 3.06. The molecule has 1 aromatic carbocycles. The molecule has 0 spiro atoms. The van der Waals surface area contributed by atoms with Crippen LogP contribution in [0.25, 0.3) is 16.3 Å². The molecule has 1 saturated heterocycles. The van der Waals surface area contributed by atoms with Crippen molar-refractivity contribution >= 4 is 34.2 Å². The predicted octanol–water partition coefficient (Wildman–Crippen LogP) is 3.58. The molecule has 2 aromatic rings. The van der Waals surface area contributed by atoms with Crippen molar-refractivity contribution in [2.24, 2.45) is 21.7 Å². The summed E-state index contributed by atoms with van der Waals surface area (Å²) in [6, 6.07) is 1.26. The van der Waals surface area contributed by atoms with Gasteiger partial charge in [-0.2, -0.15) is 13.9 Å². The highest BCUT2D eigenvalue weighted by atomic mass is 19.3. The normalized spacial score (nSPS) is 17.6. The first-order valence-electron chi connectivity index (χ1n) is 9.19. The fourth-order valence-electron chi connectivity index (χ4n) is 3.06. The molecule has 0 amide bonds. The molecule has 1 aliphatic rings. The average molecular weight is 429 g/mol. The minimum absolute atomic E-state index is 0.0403. The van der Waals surface area contributed by atoms with Crippen LogP contribution in [-0.4, -0.2) is 35.0 Å². The molecule has 162 valence electrons. The Kier molecular flexibility index (Phi) is 5.74. The highest BCUT2D eigenvalue weighted by Crippen LogP contribution is 2.34. The SMILES string of the molecule is C=C1N/C(=C\C(N)=Nc2cc3cc(C(/C=N\N)=C(C)C)c(F)cc3cn2)C(F)(F)N1C. The second kappa shape index (κ2) is 8.13. The van der Waals surface area contributed by atoms with E-state index in [1.807, 2.05) is 13.8 Å². The number of nitrogens with two attached hydrogens (primary N) is 2. The summed E-state index contributed by atoms with van der Waals surface area (Å²) in [7, 11) is 1.21. The summed E-state index contributed by atoms with van der Waals surface area (Å²) in [4.78, 5) is 8.90. The monoisotopic (exact) mass is 429 g/mol. The molecule has 10 heteroatoms. The zero-order valence-corrected chi connectivity index (χ0v) is 17.2. The number of benzene rings is 1. The maximum atomic E-state index is 14.6. The van der Waals surface area contributed by atoms with Crippen LogP contribution in [0.2, 0.25) is 0 Å². The first-order chi connectivity index (χ1) is 14.5. The van der Waals surface area contributed by atoms with Gasteiger partial charge in [0.25, 0.3) is 0 Å². The lowest BCUT2D eigenvalue weighted by atomic mass is 9.99. The third kappa shape index (κ3) is 4.23. The van der Waals surface area contributed by atoms with Gasteiger partial charge in [0.2, 0.25) is 0 Å². The molecule has 1 aromatic heterocycles. The van der Waals surface area contributed by atoms with E-state index in [0.29, 0.717) is 26.8 Å². The van der Waals surface area contributed by atoms with Crippen molar-refractivity contribution in [3.05, 3.63) is 65.5 Å². The number of halogens is 3. The number of pyridine rings is 1. The molecule has 1 fully saturated rings. The van der Waals surface area contributed by atoms with E-state index in [1.54, 1.807) is 12.1 Å². The molecular weight excluding hydrogens is 407 g/mol. The van der Waals surface area contributed by atoms with Gasteiger partial charge in [-0.3, -0.25) is 4.90 Å². The summed E-state index contributed by atoms with van der Waals surface area (Å²) in [5.74, 6) is 4.83. The number of hydrogen-bond acceptors (Lipinski definition) is 6. The number of likely N-dealkylation sites (N-methyl/N-ethyl adjacent to an activating group) is 1. The smallest absolute Gasteiger partial charge is 0.368 e. The van der Waals surface area contributed by atoms with Gasteiger partial charge in [-0.05, 0) is 37.4 Å². The van der Waals surface area contributed by atoms with Crippen molar-refractivity contribution < 1.29 is 13.2 Å². The predicted molar refractivity (Wildman–Crippen MR) is 117 cm³/mol. The van der Waals surface area contributed by atoms with Crippen molar-refractivity contribution in [1.29, 1.82) is 0 Å². The van der Waals surface area contributed by atoms with Gasteiger partial charge in [0, 0.05) is 35.8 Å². The van der Waals surface area contributed by atoms with Gasteiger partial charge in [0.15, 0.2) is 5.82 Å². The zero-order valence-electron chi connectivity index (χ0n) is 17.2. The number of alkyl halides is 2. The fraction of sp³-hybridized carbons (Fsp3) is 0.190. The van der Waals surface area contributed by atoms with Crippen LogP contribution < -0.4 is 16.9 Å². The van der Waals surface area contributed by atoms with Crippen molar-refractivity contribution in [2.75, 3.05) is 7.05 Å². The number of nitrogens with one attached hydrogen (secondary N) is 1. The summed E-state index contributed by atoms with van der Waals surface area (Å²) in [6.45, 7) is 7.14. The van der Waals surface area contributed by atoms with Crippen molar-refractivity contribution in [1.82, 2.24) is 15.2 Å². The Morgan fingerprint density at radius 3 is 2.55 bits per heavy atom. The highest BCUT2D eigenvalue weighted by molar-refractivity contribution is 6.11. The van der Waals surface area contributed by atoms with Crippen LogP contribution in [0.5, 0.6) is 0 Å². The largest absolute Gasteiger partial charge is 0.384 e. The van der Waals surface area contributed by atoms with E-state index in [-0.39, 0.29) is 17.5 Å². The number of aliphatic imine (C=N–C) groups is 1. The molecule has 1 aliphatic heterocycles. The minimum atomic E-state index is -3.29. The maximum absolute atomic E-state index is 14.6. The number of hydrogen-bond donors (Lipinski definition) is 3. The van der Waals surface area contributed by atoms with Crippen LogP contribution >= 0.6 is 0 Å². The van der Waals surface area contributed by atoms with Gasteiger partial charge >= 0.3 is 6.05 Å².